The maximum atomic E-state index is 11.3. The van der Waals surface area contributed by atoms with Gasteiger partial charge >= 0.3 is 12.1 Å². The first-order valence-electron chi connectivity index (χ1n) is 6.88. The number of thioether (sulfide) groups is 1. The highest BCUT2D eigenvalue weighted by atomic mass is 32.2. The van der Waals surface area contributed by atoms with Gasteiger partial charge in [0.05, 0.1) is 25.2 Å². The molecule has 0 atom stereocenters. The summed E-state index contributed by atoms with van der Waals surface area (Å²) in [5.74, 6) is 0.294. The molecule has 0 radical (unpaired) electrons. The van der Waals surface area contributed by atoms with E-state index in [2.05, 4.69) is 15.3 Å². The second-order valence-corrected chi connectivity index (χ2v) is 5.34. The van der Waals surface area contributed by atoms with Crippen molar-refractivity contribution in [2.75, 3.05) is 19.5 Å². The Hall–Kier alpha value is -2.02. The van der Waals surface area contributed by atoms with E-state index in [1.807, 2.05) is 30.3 Å². The first-order chi connectivity index (χ1) is 10.7. The van der Waals surface area contributed by atoms with Crippen LogP contribution in [0.1, 0.15) is 18.9 Å². The summed E-state index contributed by atoms with van der Waals surface area (Å²) in [6.45, 7) is 2.14. The molecule has 1 N–H and O–H groups in total. The van der Waals surface area contributed by atoms with Crippen LogP contribution in [0.5, 0.6) is 0 Å². The van der Waals surface area contributed by atoms with Crippen LogP contribution in [0, 0.1) is 0 Å². The Kier molecular flexibility index (Phi) is 8.74. The molecule has 0 bridgehead atoms. The topological polar surface area (TPSA) is 77.0 Å². The highest BCUT2D eigenvalue weighted by molar-refractivity contribution is 8.13. The van der Waals surface area contributed by atoms with Crippen LogP contribution < -0.4 is 5.43 Å². The van der Waals surface area contributed by atoms with E-state index in [1.54, 1.807) is 6.92 Å². The number of benzene rings is 1. The van der Waals surface area contributed by atoms with E-state index in [-0.39, 0.29) is 5.97 Å². The van der Waals surface area contributed by atoms with E-state index in [4.69, 9.17) is 4.74 Å². The third-order valence-electron chi connectivity index (χ3n) is 2.54. The van der Waals surface area contributed by atoms with Crippen LogP contribution >= 0.6 is 11.8 Å². The summed E-state index contributed by atoms with van der Waals surface area (Å²) in [6.07, 6.45) is 0.236. The second-order valence-electron chi connectivity index (χ2n) is 4.17. The molecule has 7 heteroatoms. The number of ether oxygens (including phenoxy) is 2. The van der Waals surface area contributed by atoms with E-state index in [1.165, 1.54) is 18.9 Å². The van der Waals surface area contributed by atoms with Gasteiger partial charge in [-0.1, -0.05) is 30.3 Å². The summed E-state index contributed by atoms with van der Waals surface area (Å²) in [7, 11) is 1.27. The fourth-order valence-corrected chi connectivity index (χ4v) is 2.42. The lowest BCUT2D eigenvalue weighted by molar-refractivity contribution is -0.142. The zero-order valence-electron chi connectivity index (χ0n) is 12.7. The Balaban J connectivity index is 2.58. The largest absolute Gasteiger partial charge is 0.466 e. The number of carbonyl (C=O) groups is 2. The molecule has 0 aliphatic carbocycles. The molecule has 0 saturated heterocycles. The lowest BCUT2D eigenvalue weighted by Crippen LogP contribution is -2.19. The van der Waals surface area contributed by atoms with Crippen molar-refractivity contribution in [2.45, 2.75) is 19.8 Å². The summed E-state index contributed by atoms with van der Waals surface area (Å²) in [6, 6.07) is 9.74. The number of hydrogen-bond acceptors (Lipinski definition) is 6. The maximum Gasteiger partial charge on any atom is 0.427 e. The van der Waals surface area contributed by atoms with Gasteiger partial charge in [0.1, 0.15) is 0 Å². The number of amides is 1. The summed E-state index contributed by atoms with van der Waals surface area (Å²) >= 11 is 1.40. The molecule has 1 aromatic rings. The van der Waals surface area contributed by atoms with Crippen LogP contribution in [-0.4, -0.2) is 36.6 Å². The molecule has 0 fully saturated rings. The standard InChI is InChI=1S/C15H20N2O4S/c1-3-21-14(18)9-10-22-13(16-17-15(19)20-2)11-12-7-5-4-6-8-12/h4-8H,3,9-11H2,1-2H3,(H,17,19)/b16-13+. The average molecular weight is 324 g/mol. The highest BCUT2D eigenvalue weighted by Crippen LogP contribution is 2.12. The number of rotatable bonds is 7. The molecule has 1 amide bonds. The summed E-state index contributed by atoms with van der Waals surface area (Å²) in [4.78, 5) is 22.4. The molecule has 0 aromatic heterocycles. The van der Waals surface area contributed by atoms with Gasteiger partial charge in [-0.25, -0.2) is 10.2 Å². The first-order valence-corrected chi connectivity index (χ1v) is 7.87. The summed E-state index contributed by atoms with van der Waals surface area (Å²) in [5.41, 5.74) is 3.37. The monoisotopic (exact) mass is 324 g/mol. The van der Waals surface area contributed by atoms with Crippen LogP contribution in [-0.2, 0) is 20.7 Å². The normalized spacial score (nSPS) is 10.9. The van der Waals surface area contributed by atoms with Crippen molar-refractivity contribution in [1.82, 2.24) is 5.43 Å². The SMILES string of the molecule is CCOC(=O)CCS/C(Cc1ccccc1)=N/NC(=O)OC. The molecule has 0 spiro atoms. The fourth-order valence-electron chi connectivity index (χ4n) is 1.53. The molecule has 0 heterocycles. The van der Waals surface area contributed by atoms with Crippen LogP contribution in [0.25, 0.3) is 0 Å². The lowest BCUT2D eigenvalue weighted by Gasteiger charge is -2.07. The van der Waals surface area contributed by atoms with Gasteiger partial charge in [0.2, 0.25) is 0 Å². The quantitative estimate of drug-likeness (QED) is 0.361. The first kappa shape index (κ1) is 18.0. The van der Waals surface area contributed by atoms with E-state index in [9.17, 15) is 9.59 Å². The Morgan fingerprint density at radius 3 is 2.64 bits per heavy atom. The molecule has 0 unspecified atom stereocenters. The summed E-state index contributed by atoms with van der Waals surface area (Å²) in [5, 5.41) is 4.73. The maximum absolute atomic E-state index is 11.3. The van der Waals surface area contributed by atoms with Gasteiger partial charge in [-0.05, 0) is 12.5 Å². The molecular formula is C15H20N2O4S. The number of hydrazone groups is 1. The molecule has 1 aromatic carbocycles. The number of esters is 1. The van der Waals surface area contributed by atoms with Gasteiger partial charge in [0.15, 0.2) is 0 Å². The Morgan fingerprint density at radius 2 is 2.00 bits per heavy atom. The van der Waals surface area contributed by atoms with E-state index >= 15 is 0 Å². The minimum Gasteiger partial charge on any atom is -0.466 e. The molecule has 6 nitrogen and oxygen atoms in total. The fraction of sp³-hybridized carbons (Fsp3) is 0.400. The smallest absolute Gasteiger partial charge is 0.427 e. The van der Waals surface area contributed by atoms with Crippen molar-refractivity contribution in [2.24, 2.45) is 5.10 Å². The number of nitrogens with one attached hydrogen (secondary N) is 1. The van der Waals surface area contributed by atoms with Crippen molar-refractivity contribution in [3.05, 3.63) is 35.9 Å². The molecule has 0 aliphatic rings. The van der Waals surface area contributed by atoms with Gasteiger partial charge in [-0.3, -0.25) is 4.79 Å². The minimum atomic E-state index is -0.628. The second kappa shape index (κ2) is 10.7. The Bertz CT molecular complexity index is 506. The summed E-state index contributed by atoms with van der Waals surface area (Å²) < 4.78 is 9.36. The van der Waals surface area contributed by atoms with Crippen LogP contribution in [0.15, 0.2) is 35.4 Å². The third-order valence-corrected chi connectivity index (χ3v) is 3.51. The van der Waals surface area contributed by atoms with Crippen LogP contribution in [0.4, 0.5) is 4.79 Å². The predicted octanol–water partition coefficient (Wildman–Crippen LogP) is 2.59. The van der Waals surface area contributed by atoms with E-state index < -0.39 is 6.09 Å². The zero-order valence-corrected chi connectivity index (χ0v) is 13.5. The zero-order chi connectivity index (χ0) is 16.2. The van der Waals surface area contributed by atoms with Crippen molar-refractivity contribution < 1.29 is 19.1 Å². The van der Waals surface area contributed by atoms with Gasteiger partial charge in [0, 0.05) is 12.2 Å². The Labute approximate surface area is 134 Å². The molecule has 0 aliphatic heterocycles. The lowest BCUT2D eigenvalue weighted by atomic mass is 10.2. The highest BCUT2D eigenvalue weighted by Gasteiger charge is 2.07. The van der Waals surface area contributed by atoms with Crippen molar-refractivity contribution >= 4 is 28.9 Å². The number of methoxy groups -OCH3 is 1. The molecule has 1 rings (SSSR count). The van der Waals surface area contributed by atoms with Gasteiger partial charge in [-0.2, -0.15) is 5.10 Å². The molecule has 22 heavy (non-hydrogen) atoms. The minimum absolute atomic E-state index is 0.241. The van der Waals surface area contributed by atoms with Crippen molar-refractivity contribution in [3.8, 4) is 0 Å². The average Bonchev–Trinajstić information content (AvgIpc) is 2.53. The van der Waals surface area contributed by atoms with E-state index in [0.717, 1.165) is 5.56 Å². The van der Waals surface area contributed by atoms with Crippen molar-refractivity contribution in [3.63, 3.8) is 0 Å². The number of nitrogens with zero attached hydrogens (tertiary/aromatic N) is 1. The van der Waals surface area contributed by atoms with Crippen molar-refractivity contribution in [1.29, 1.82) is 0 Å². The molecule has 0 saturated carbocycles. The van der Waals surface area contributed by atoms with Crippen LogP contribution in [0.2, 0.25) is 0 Å². The molecular weight excluding hydrogens is 304 g/mol. The Morgan fingerprint density at radius 1 is 1.27 bits per heavy atom. The predicted molar refractivity (Wildman–Crippen MR) is 86.8 cm³/mol. The van der Waals surface area contributed by atoms with Gasteiger partial charge in [-0.15, -0.1) is 11.8 Å². The number of carbonyl (C=O) groups excluding carboxylic acids is 2. The van der Waals surface area contributed by atoms with Gasteiger partial charge < -0.3 is 9.47 Å². The molecule has 120 valence electrons. The third kappa shape index (κ3) is 7.68. The van der Waals surface area contributed by atoms with E-state index in [0.29, 0.717) is 30.2 Å². The van der Waals surface area contributed by atoms with Gasteiger partial charge in [0.25, 0.3) is 0 Å². The number of hydrogen-bond donors (Lipinski definition) is 1. The van der Waals surface area contributed by atoms with Crippen LogP contribution in [0.3, 0.4) is 0 Å².